The molecular weight excluding hydrogens is 258 g/mol. The van der Waals surface area contributed by atoms with Crippen molar-refractivity contribution in [3.63, 3.8) is 0 Å². The van der Waals surface area contributed by atoms with E-state index >= 15 is 0 Å². The van der Waals surface area contributed by atoms with Gasteiger partial charge in [-0.25, -0.2) is 0 Å². The van der Waals surface area contributed by atoms with Crippen molar-refractivity contribution in [2.45, 2.75) is 45.8 Å². The van der Waals surface area contributed by atoms with Gasteiger partial charge in [0.15, 0.2) is 5.17 Å². The summed E-state index contributed by atoms with van der Waals surface area (Å²) in [5.74, 6) is 1.26. The summed E-state index contributed by atoms with van der Waals surface area (Å²) in [6, 6.07) is 0. The first-order valence-electron chi connectivity index (χ1n) is 7.28. The van der Waals surface area contributed by atoms with E-state index in [-0.39, 0.29) is 5.91 Å². The fraction of sp³-hybridized carbons (Fsp3) is 0.857. The Labute approximate surface area is 121 Å². The normalized spacial score (nSPS) is 18.8. The van der Waals surface area contributed by atoms with Crippen molar-refractivity contribution in [1.29, 1.82) is 0 Å². The van der Waals surface area contributed by atoms with Gasteiger partial charge in [-0.05, 0) is 11.8 Å². The van der Waals surface area contributed by atoms with Crippen LogP contribution in [0.2, 0.25) is 0 Å². The van der Waals surface area contributed by atoms with Crippen molar-refractivity contribution in [2.75, 3.05) is 19.6 Å². The lowest BCUT2D eigenvalue weighted by atomic mass is 9.99. The van der Waals surface area contributed by atoms with Crippen LogP contribution in [0, 0.1) is 11.8 Å². The van der Waals surface area contributed by atoms with E-state index in [1.165, 1.54) is 12.8 Å². The quantitative estimate of drug-likeness (QED) is 0.754. The zero-order chi connectivity index (χ0) is 14.3. The third-order valence-corrected chi connectivity index (χ3v) is 4.69. The number of amides is 1. The van der Waals surface area contributed by atoms with Crippen LogP contribution in [0.1, 0.15) is 40.5 Å². The van der Waals surface area contributed by atoms with Gasteiger partial charge in [0.25, 0.3) is 0 Å². The highest BCUT2D eigenvalue weighted by Crippen LogP contribution is 2.30. The highest BCUT2D eigenvalue weighted by atomic mass is 32.2. The summed E-state index contributed by atoms with van der Waals surface area (Å²) >= 11 is 1.79. The number of carbonyl (C=O) groups excluding carboxylic acids is 1. The minimum atomic E-state index is 0.0444. The van der Waals surface area contributed by atoms with Gasteiger partial charge >= 0.3 is 0 Å². The van der Waals surface area contributed by atoms with Crippen LogP contribution < -0.4 is 10.6 Å². The molecule has 1 heterocycles. The van der Waals surface area contributed by atoms with Crippen LogP contribution in [-0.2, 0) is 4.79 Å². The Kier molecular flexibility index (Phi) is 7.28. The third kappa shape index (κ3) is 5.85. The van der Waals surface area contributed by atoms with Gasteiger partial charge in [0.1, 0.15) is 0 Å². The van der Waals surface area contributed by atoms with Crippen molar-refractivity contribution < 1.29 is 4.79 Å². The lowest BCUT2D eigenvalue weighted by Gasteiger charge is -2.18. The first-order valence-corrected chi connectivity index (χ1v) is 8.16. The maximum atomic E-state index is 11.6. The van der Waals surface area contributed by atoms with E-state index in [4.69, 9.17) is 0 Å². The second-order valence-corrected chi connectivity index (χ2v) is 6.66. The molecule has 5 heteroatoms. The molecule has 1 aliphatic heterocycles. The molecule has 110 valence electrons. The Morgan fingerprint density at radius 2 is 2.11 bits per heavy atom. The van der Waals surface area contributed by atoms with E-state index in [1.807, 2.05) is 0 Å². The Morgan fingerprint density at radius 1 is 1.42 bits per heavy atom. The van der Waals surface area contributed by atoms with Crippen molar-refractivity contribution in [1.82, 2.24) is 10.6 Å². The molecule has 0 aromatic rings. The number of aliphatic imine (C=N–C) groups is 1. The van der Waals surface area contributed by atoms with Crippen molar-refractivity contribution in [3.8, 4) is 0 Å². The molecule has 19 heavy (non-hydrogen) atoms. The molecule has 1 amide bonds. The van der Waals surface area contributed by atoms with E-state index in [1.54, 1.807) is 11.8 Å². The molecule has 0 radical (unpaired) electrons. The molecule has 0 bridgehead atoms. The minimum absolute atomic E-state index is 0.0444. The van der Waals surface area contributed by atoms with Crippen LogP contribution in [0.4, 0.5) is 0 Å². The van der Waals surface area contributed by atoms with Gasteiger partial charge in [-0.3, -0.25) is 9.79 Å². The average Bonchev–Trinajstić information content (AvgIpc) is 2.84. The van der Waals surface area contributed by atoms with Crippen LogP contribution in [0.3, 0.4) is 0 Å². The summed E-state index contributed by atoms with van der Waals surface area (Å²) in [6.45, 7) is 10.6. The molecule has 1 rings (SSSR count). The van der Waals surface area contributed by atoms with E-state index in [0.717, 1.165) is 24.2 Å². The smallest absolute Gasteiger partial charge is 0.239 e. The fourth-order valence-corrected chi connectivity index (χ4v) is 3.40. The first kappa shape index (κ1) is 16.3. The first-order chi connectivity index (χ1) is 9.06. The second kappa shape index (κ2) is 8.46. The molecule has 0 aromatic carbocycles. The predicted molar refractivity (Wildman–Crippen MR) is 83.6 cm³/mol. The van der Waals surface area contributed by atoms with Gasteiger partial charge in [-0.1, -0.05) is 52.3 Å². The Hall–Kier alpha value is -0.710. The molecule has 0 aliphatic carbocycles. The highest BCUT2D eigenvalue weighted by Gasteiger charge is 2.25. The van der Waals surface area contributed by atoms with E-state index in [2.05, 4.69) is 43.3 Å². The summed E-state index contributed by atoms with van der Waals surface area (Å²) in [7, 11) is 0. The van der Waals surface area contributed by atoms with Crippen molar-refractivity contribution in [3.05, 3.63) is 0 Å². The Balaban J connectivity index is 2.23. The number of nitrogens with zero attached hydrogens (tertiary/aromatic N) is 1. The van der Waals surface area contributed by atoms with Crippen LogP contribution in [0.5, 0.6) is 0 Å². The molecule has 2 N–H and O–H groups in total. The number of thioether (sulfide) groups is 1. The number of nitrogens with one attached hydrogen (secondary N) is 2. The summed E-state index contributed by atoms with van der Waals surface area (Å²) < 4.78 is 0. The summed E-state index contributed by atoms with van der Waals surface area (Å²) in [6.07, 6.45) is 2.40. The van der Waals surface area contributed by atoms with Crippen molar-refractivity contribution in [2.24, 2.45) is 16.8 Å². The summed E-state index contributed by atoms with van der Waals surface area (Å²) in [5.41, 5.74) is 0. The summed E-state index contributed by atoms with van der Waals surface area (Å²) in [5, 5.41) is 7.54. The fourth-order valence-electron chi connectivity index (χ4n) is 2.08. The van der Waals surface area contributed by atoms with Crippen LogP contribution in [0.15, 0.2) is 4.99 Å². The number of amidine groups is 1. The molecule has 1 aliphatic rings. The lowest BCUT2D eigenvalue weighted by molar-refractivity contribution is -0.120. The number of carbonyl (C=O) groups is 1. The summed E-state index contributed by atoms with van der Waals surface area (Å²) in [4.78, 5) is 16.1. The van der Waals surface area contributed by atoms with Crippen LogP contribution >= 0.6 is 11.8 Å². The van der Waals surface area contributed by atoms with Crippen LogP contribution in [0.25, 0.3) is 0 Å². The predicted octanol–water partition coefficient (Wildman–Crippen LogP) is 2.26. The molecule has 0 saturated heterocycles. The number of hydrogen-bond donors (Lipinski definition) is 2. The molecular formula is C14H27N3OS. The van der Waals surface area contributed by atoms with E-state index < -0.39 is 0 Å². The lowest BCUT2D eigenvalue weighted by Crippen LogP contribution is -2.37. The molecule has 4 nitrogen and oxygen atoms in total. The maximum absolute atomic E-state index is 11.6. The molecule has 0 saturated carbocycles. The largest absolute Gasteiger partial charge is 0.356 e. The van der Waals surface area contributed by atoms with E-state index in [0.29, 0.717) is 17.7 Å². The van der Waals surface area contributed by atoms with Gasteiger partial charge in [-0.2, -0.15) is 0 Å². The monoisotopic (exact) mass is 285 g/mol. The second-order valence-electron chi connectivity index (χ2n) is 5.43. The molecule has 0 spiro atoms. The Morgan fingerprint density at radius 3 is 2.68 bits per heavy atom. The number of hydrogen-bond acceptors (Lipinski definition) is 4. The zero-order valence-corrected chi connectivity index (χ0v) is 13.3. The minimum Gasteiger partial charge on any atom is -0.356 e. The topological polar surface area (TPSA) is 53.5 Å². The number of rotatable bonds is 7. The van der Waals surface area contributed by atoms with Gasteiger partial charge in [0.2, 0.25) is 5.91 Å². The highest BCUT2D eigenvalue weighted by molar-refractivity contribution is 8.14. The third-order valence-electron chi connectivity index (χ3n) is 3.36. The average molecular weight is 285 g/mol. The maximum Gasteiger partial charge on any atom is 0.239 e. The van der Waals surface area contributed by atoms with Crippen molar-refractivity contribution >= 4 is 22.8 Å². The van der Waals surface area contributed by atoms with E-state index in [9.17, 15) is 4.79 Å². The SMILES string of the molecule is CCC(CC)C1CN=C(NCC(=O)NCC(C)C)S1. The Bertz CT molecular complexity index is 314. The van der Waals surface area contributed by atoms with Crippen LogP contribution in [-0.4, -0.2) is 36.0 Å². The molecule has 1 atom stereocenters. The standard InChI is InChI=1S/C14H27N3OS/c1-5-11(6-2)12-8-16-14(19-12)17-9-13(18)15-7-10(3)4/h10-12H,5-9H2,1-4H3,(H,15,18)(H,16,17). The van der Waals surface area contributed by atoms with Gasteiger partial charge in [-0.15, -0.1) is 0 Å². The van der Waals surface area contributed by atoms with Gasteiger partial charge < -0.3 is 10.6 Å². The van der Waals surface area contributed by atoms with Gasteiger partial charge in [0.05, 0.1) is 13.1 Å². The zero-order valence-electron chi connectivity index (χ0n) is 12.5. The molecule has 0 aromatic heterocycles. The van der Waals surface area contributed by atoms with Gasteiger partial charge in [0, 0.05) is 11.8 Å². The molecule has 0 fully saturated rings. The molecule has 1 unspecified atom stereocenters.